The van der Waals surface area contributed by atoms with Crippen LogP contribution in [-0.2, 0) is 0 Å². The van der Waals surface area contributed by atoms with Crippen LogP contribution < -0.4 is 5.32 Å². The molecule has 0 spiro atoms. The maximum atomic E-state index is 4.13. The van der Waals surface area contributed by atoms with E-state index in [9.17, 15) is 0 Å². The zero-order valence-electron chi connectivity index (χ0n) is 12.8. The van der Waals surface area contributed by atoms with Gasteiger partial charge in [0.25, 0.3) is 0 Å². The van der Waals surface area contributed by atoms with Crippen molar-refractivity contribution in [3.63, 3.8) is 0 Å². The molecule has 0 saturated heterocycles. The first-order chi connectivity index (χ1) is 8.43. The van der Waals surface area contributed by atoms with Gasteiger partial charge in [0.15, 0.2) is 0 Å². The van der Waals surface area contributed by atoms with Crippen LogP contribution in [0.5, 0.6) is 0 Å². The molecule has 2 bridgehead atoms. The second-order valence-electron chi connectivity index (χ2n) is 8.38. The van der Waals surface area contributed by atoms with Crippen molar-refractivity contribution in [3.05, 3.63) is 0 Å². The number of nitrogens with one attached hydrogen (secondary N) is 1. The average Bonchev–Trinajstić information content (AvgIpc) is 2.78. The predicted molar refractivity (Wildman–Crippen MR) is 77.6 cm³/mol. The average molecular weight is 249 g/mol. The number of fused-ring (bicyclic) bond motifs is 2. The molecule has 0 aliphatic heterocycles. The summed E-state index contributed by atoms with van der Waals surface area (Å²) >= 11 is 0. The molecule has 0 aromatic heterocycles. The van der Waals surface area contributed by atoms with E-state index < -0.39 is 0 Å². The van der Waals surface area contributed by atoms with Crippen molar-refractivity contribution in [3.8, 4) is 0 Å². The van der Waals surface area contributed by atoms with Crippen molar-refractivity contribution < 1.29 is 0 Å². The summed E-state index contributed by atoms with van der Waals surface area (Å²) in [6.07, 6.45) is 10.1. The minimum atomic E-state index is 0.518. The first-order valence-electron chi connectivity index (χ1n) is 8.19. The molecule has 18 heavy (non-hydrogen) atoms. The molecule has 1 heteroatoms. The quantitative estimate of drug-likeness (QED) is 0.766. The lowest BCUT2D eigenvalue weighted by atomic mass is 9.67. The van der Waals surface area contributed by atoms with Gasteiger partial charge in [-0.25, -0.2) is 0 Å². The molecule has 3 aliphatic rings. The van der Waals surface area contributed by atoms with Gasteiger partial charge in [-0.3, -0.25) is 0 Å². The summed E-state index contributed by atoms with van der Waals surface area (Å²) in [6.45, 7) is 10.0. The fourth-order valence-electron chi connectivity index (χ4n) is 5.50. The number of rotatable bonds is 2. The van der Waals surface area contributed by atoms with Crippen molar-refractivity contribution in [1.82, 2.24) is 5.32 Å². The number of hydrogen-bond acceptors (Lipinski definition) is 1. The third-order valence-electron chi connectivity index (χ3n) is 6.76. The Balaban J connectivity index is 1.75. The third-order valence-corrected chi connectivity index (χ3v) is 6.76. The molecule has 0 aromatic carbocycles. The smallest absolute Gasteiger partial charge is 0.0177 e. The van der Waals surface area contributed by atoms with Crippen molar-refractivity contribution in [2.24, 2.45) is 22.7 Å². The molecular weight excluding hydrogens is 218 g/mol. The van der Waals surface area contributed by atoms with Gasteiger partial charge < -0.3 is 5.32 Å². The van der Waals surface area contributed by atoms with E-state index in [0.717, 1.165) is 23.9 Å². The van der Waals surface area contributed by atoms with Crippen LogP contribution in [0.3, 0.4) is 0 Å². The summed E-state index contributed by atoms with van der Waals surface area (Å²) in [5, 5.41) is 4.13. The van der Waals surface area contributed by atoms with E-state index in [0.29, 0.717) is 10.8 Å². The van der Waals surface area contributed by atoms with Crippen LogP contribution in [0.15, 0.2) is 0 Å². The second-order valence-corrected chi connectivity index (χ2v) is 8.38. The largest absolute Gasteiger partial charge is 0.310 e. The SMILES string of the molecule is CC1CCCCC1NC1C2(C)CCC(C2)C1(C)C. The highest BCUT2D eigenvalue weighted by Gasteiger charge is 2.59. The maximum absolute atomic E-state index is 4.13. The molecule has 3 rings (SSSR count). The van der Waals surface area contributed by atoms with Crippen molar-refractivity contribution in [2.45, 2.75) is 84.7 Å². The van der Waals surface area contributed by atoms with Crippen LogP contribution in [0.4, 0.5) is 0 Å². The van der Waals surface area contributed by atoms with Gasteiger partial charge in [-0.1, -0.05) is 40.5 Å². The molecule has 104 valence electrons. The fraction of sp³-hybridized carbons (Fsp3) is 1.00. The minimum Gasteiger partial charge on any atom is -0.310 e. The lowest BCUT2D eigenvalue weighted by Crippen LogP contribution is -2.55. The highest BCUT2D eigenvalue weighted by atomic mass is 15.0. The molecule has 3 fully saturated rings. The summed E-state index contributed by atoms with van der Waals surface area (Å²) < 4.78 is 0. The molecule has 3 aliphatic carbocycles. The first kappa shape index (κ1) is 13.0. The Labute approximate surface area is 113 Å². The van der Waals surface area contributed by atoms with Crippen LogP contribution >= 0.6 is 0 Å². The lowest BCUT2D eigenvalue weighted by Gasteiger charge is -2.46. The Hall–Kier alpha value is -0.0400. The second kappa shape index (κ2) is 4.23. The fourth-order valence-corrected chi connectivity index (χ4v) is 5.50. The molecule has 0 heterocycles. The van der Waals surface area contributed by atoms with Crippen LogP contribution in [-0.4, -0.2) is 12.1 Å². The van der Waals surface area contributed by atoms with E-state index in [-0.39, 0.29) is 0 Å². The molecule has 0 amide bonds. The zero-order chi connectivity index (χ0) is 13.0. The van der Waals surface area contributed by atoms with Gasteiger partial charge in [0.1, 0.15) is 0 Å². The van der Waals surface area contributed by atoms with Crippen molar-refractivity contribution in [2.75, 3.05) is 0 Å². The monoisotopic (exact) mass is 249 g/mol. The highest BCUT2D eigenvalue weighted by Crippen LogP contribution is 2.62. The molecule has 1 nitrogen and oxygen atoms in total. The van der Waals surface area contributed by atoms with E-state index in [4.69, 9.17) is 0 Å². The van der Waals surface area contributed by atoms with E-state index in [1.54, 1.807) is 0 Å². The maximum Gasteiger partial charge on any atom is 0.0177 e. The molecule has 0 radical (unpaired) electrons. The van der Waals surface area contributed by atoms with Crippen molar-refractivity contribution in [1.29, 1.82) is 0 Å². The first-order valence-corrected chi connectivity index (χ1v) is 8.19. The Morgan fingerprint density at radius 2 is 1.72 bits per heavy atom. The molecular formula is C17H31N. The van der Waals surface area contributed by atoms with E-state index in [2.05, 4.69) is 33.0 Å². The van der Waals surface area contributed by atoms with Gasteiger partial charge in [-0.2, -0.15) is 0 Å². The summed E-state index contributed by atoms with van der Waals surface area (Å²) in [5.41, 5.74) is 1.11. The Morgan fingerprint density at radius 3 is 2.33 bits per heavy atom. The Kier molecular flexibility index (Phi) is 3.05. The Bertz CT molecular complexity index is 317. The molecule has 3 saturated carbocycles. The van der Waals surface area contributed by atoms with Gasteiger partial charge in [0, 0.05) is 12.1 Å². The minimum absolute atomic E-state index is 0.518. The van der Waals surface area contributed by atoms with Crippen LogP contribution in [0.2, 0.25) is 0 Å². The van der Waals surface area contributed by atoms with Gasteiger partial charge in [0.05, 0.1) is 0 Å². The molecule has 1 N–H and O–H groups in total. The zero-order valence-corrected chi connectivity index (χ0v) is 12.8. The molecule has 5 unspecified atom stereocenters. The summed E-state index contributed by atoms with van der Waals surface area (Å²) in [6, 6.07) is 1.55. The normalized spacial score (nSPS) is 50.7. The van der Waals surface area contributed by atoms with Crippen molar-refractivity contribution >= 4 is 0 Å². The molecule has 5 atom stereocenters. The molecule has 0 aromatic rings. The predicted octanol–water partition coefficient (Wildman–Crippen LogP) is 4.37. The summed E-state index contributed by atoms with van der Waals surface area (Å²) in [4.78, 5) is 0. The highest BCUT2D eigenvalue weighted by molar-refractivity contribution is 5.12. The van der Waals surface area contributed by atoms with E-state index in [1.165, 1.54) is 44.9 Å². The Morgan fingerprint density at radius 1 is 1.00 bits per heavy atom. The topological polar surface area (TPSA) is 12.0 Å². The van der Waals surface area contributed by atoms with Gasteiger partial charge in [-0.05, 0) is 54.8 Å². The summed E-state index contributed by atoms with van der Waals surface area (Å²) in [7, 11) is 0. The van der Waals surface area contributed by atoms with Crippen LogP contribution in [0.25, 0.3) is 0 Å². The summed E-state index contributed by atoms with van der Waals surface area (Å²) in [5.74, 6) is 1.86. The van der Waals surface area contributed by atoms with E-state index >= 15 is 0 Å². The van der Waals surface area contributed by atoms with Gasteiger partial charge >= 0.3 is 0 Å². The lowest BCUT2D eigenvalue weighted by molar-refractivity contribution is 0.0828. The van der Waals surface area contributed by atoms with Crippen LogP contribution in [0.1, 0.15) is 72.6 Å². The number of hydrogen-bond donors (Lipinski definition) is 1. The standard InChI is InChI=1S/C17H31N/c1-12-7-5-6-8-14(12)18-15-16(2,3)13-9-10-17(15,4)11-13/h12-15,18H,5-11H2,1-4H3. The van der Waals surface area contributed by atoms with Gasteiger partial charge in [-0.15, -0.1) is 0 Å². The third kappa shape index (κ3) is 1.85. The van der Waals surface area contributed by atoms with Gasteiger partial charge in [0.2, 0.25) is 0 Å². The van der Waals surface area contributed by atoms with E-state index in [1.807, 2.05) is 0 Å². The van der Waals surface area contributed by atoms with Crippen LogP contribution in [0, 0.1) is 22.7 Å².